The van der Waals surface area contributed by atoms with E-state index in [1.807, 2.05) is 23.1 Å². The van der Waals surface area contributed by atoms with Crippen molar-refractivity contribution in [3.05, 3.63) is 70.7 Å². The molecule has 3 fully saturated rings. The number of likely N-dealkylation sites (tertiary alicyclic amines) is 1. The van der Waals surface area contributed by atoms with E-state index in [9.17, 15) is 44.4 Å². The lowest BCUT2D eigenvalue weighted by molar-refractivity contribution is -0.140. The number of rotatable bonds is 22. The SMILES string of the molecule is [C-]#[N+]C[C@H]1CN(c2nc(OC[C@@H]3CCCN3CCCCCCNC(=O)CN3CCN(CC(=O)O)CCN(CC(=O)O)CCN(CC(=O)O)CC3)nc3c2CCN(c2cc(O)cc4cccc(Cl)c24)C3)CCN1C(=O)C=C. The van der Waals surface area contributed by atoms with Gasteiger partial charge in [0.25, 0.3) is 0 Å². The number of unbranched alkanes of at least 4 members (excludes halogenated alkanes) is 3. The van der Waals surface area contributed by atoms with E-state index in [2.05, 4.69) is 31.4 Å². The number of fused-ring (bicyclic) bond motifs is 2. The van der Waals surface area contributed by atoms with Crippen LogP contribution in [-0.4, -0.2) is 239 Å². The van der Waals surface area contributed by atoms with Gasteiger partial charge in [0, 0.05) is 108 Å². The number of anilines is 2. The molecule has 0 spiro atoms. The first kappa shape index (κ1) is 57.4. The third-order valence-electron chi connectivity index (χ3n) is 14.8. The number of halogens is 1. The maximum atomic E-state index is 13.2. The molecule has 0 aliphatic carbocycles. The van der Waals surface area contributed by atoms with Crippen LogP contribution < -0.4 is 19.9 Å². The van der Waals surface area contributed by atoms with E-state index in [0.717, 1.165) is 85.1 Å². The van der Waals surface area contributed by atoms with Crippen LogP contribution in [-0.2, 0) is 36.9 Å². The van der Waals surface area contributed by atoms with Crippen LogP contribution in [0.25, 0.3) is 15.6 Å². The molecule has 4 aliphatic rings. The summed E-state index contributed by atoms with van der Waals surface area (Å²) >= 11 is 6.77. The summed E-state index contributed by atoms with van der Waals surface area (Å²) in [5.41, 5.74) is 2.60. The Morgan fingerprint density at radius 1 is 0.789 bits per heavy atom. The molecule has 2 atom stereocenters. The third-order valence-corrected chi connectivity index (χ3v) is 15.1. The van der Waals surface area contributed by atoms with Gasteiger partial charge in [-0.3, -0.25) is 48.5 Å². The van der Waals surface area contributed by atoms with Crippen molar-refractivity contribution in [2.75, 3.05) is 147 Å². The van der Waals surface area contributed by atoms with Gasteiger partial charge in [-0.05, 0) is 68.8 Å². The standard InChI is InChI=1S/C53H73ClN12O10/c1-3-47(69)66-27-26-65(31-40(66)30-55-2)52-42-13-17-64(45-29-41(67)28-38-10-8-12-43(54)51(38)45)32-44(42)57-53(58-52)76-37-39-11-9-16-63(39)15-7-5-4-6-14-56-46(68)33-59-18-20-60(34-48(70)71)22-24-62(36-50(74)75)25-23-61(21-19-59)35-49(72)73/h3,8,10,12,28-29,39-40,67H,1,4-7,9,11,13-27,30-37H2,(H,56,68)(H,70,71)(H,72,73)(H,74,75)/t39-,40-/m0/s1. The number of aliphatic carboxylic acids is 3. The van der Waals surface area contributed by atoms with Crippen molar-refractivity contribution in [3.8, 4) is 11.8 Å². The lowest BCUT2D eigenvalue weighted by atomic mass is 10.0. The maximum Gasteiger partial charge on any atom is 0.318 e. The number of carbonyl (C=O) groups is 5. The first-order valence-corrected chi connectivity index (χ1v) is 26.8. The highest BCUT2D eigenvalue weighted by molar-refractivity contribution is 6.36. The average molecular weight is 1070 g/mol. The number of nitrogens with one attached hydrogen (secondary N) is 1. The maximum absolute atomic E-state index is 13.2. The van der Waals surface area contributed by atoms with E-state index in [1.165, 1.54) is 6.08 Å². The molecule has 412 valence electrons. The van der Waals surface area contributed by atoms with E-state index >= 15 is 0 Å². The highest BCUT2D eigenvalue weighted by Crippen LogP contribution is 2.39. The number of piperazine rings is 1. The van der Waals surface area contributed by atoms with Gasteiger partial charge >= 0.3 is 23.9 Å². The first-order valence-electron chi connectivity index (χ1n) is 26.4. The second kappa shape index (κ2) is 28.1. The van der Waals surface area contributed by atoms with Crippen molar-refractivity contribution < 1.29 is 49.1 Å². The molecular weight excluding hydrogens is 1000 g/mol. The molecule has 5 heterocycles. The quantitative estimate of drug-likeness (QED) is 0.0552. The van der Waals surface area contributed by atoms with Crippen molar-refractivity contribution >= 4 is 63.6 Å². The Morgan fingerprint density at radius 3 is 2.07 bits per heavy atom. The minimum absolute atomic E-state index is 0.0759. The Kier molecular flexibility index (Phi) is 21.2. The summed E-state index contributed by atoms with van der Waals surface area (Å²) in [7, 11) is 0. The number of nitrogens with zero attached hydrogens (tertiary/aromatic N) is 11. The van der Waals surface area contributed by atoms with Crippen LogP contribution in [0.15, 0.2) is 43.0 Å². The Hall–Kier alpha value is -6.35. The minimum Gasteiger partial charge on any atom is -0.508 e. The van der Waals surface area contributed by atoms with Crippen molar-refractivity contribution in [1.82, 2.24) is 44.7 Å². The van der Waals surface area contributed by atoms with Crippen LogP contribution >= 0.6 is 11.6 Å². The normalized spacial score (nSPS) is 19.8. The molecule has 2 aromatic carbocycles. The van der Waals surface area contributed by atoms with Gasteiger partial charge in [-0.1, -0.05) is 43.2 Å². The lowest BCUT2D eigenvalue weighted by Gasteiger charge is -2.41. The summed E-state index contributed by atoms with van der Waals surface area (Å²) in [5, 5.41) is 44.6. The molecule has 3 aromatic rings. The first-order chi connectivity index (χ1) is 36.7. The Bertz CT molecular complexity index is 2540. The van der Waals surface area contributed by atoms with Gasteiger partial charge in [0.05, 0.1) is 49.1 Å². The highest BCUT2D eigenvalue weighted by atomic mass is 35.5. The lowest BCUT2D eigenvalue weighted by Crippen LogP contribution is -2.56. The Morgan fingerprint density at radius 2 is 1.43 bits per heavy atom. The zero-order valence-corrected chi connectivity index (χ0v) is 44.1. The zero-order valence-electron chi connectivity index (χ0n) is 43.4. The number of amides is 2. The van der Waals surface area contributed by atoms with Crippen LogP contribution in [0.3, 0.4) is 0 Å². The monoisotopic (exact) mass is 1070 g/mol. The van der Waals surface area contributed by atoms with Crippen LogP contribution in [0.4, 0.5) is 11.5 Å². The summed E-state index contributed by atoms with van der Waals surface area (Å²) in [6.07, 6.45) is 7.59. The largest absolute Gasteiger partial charge is 0.508 e. The van der Waals surface area contributed by atoms with Gasteiger partial charge in [0.1, 0.15) is 24.2 Å². The van der Waals surface area contributed by atoms with E-state index < -0.39 is 17.9 Å². The smallest absolute Gasteiger partial charge is 0.318 e. The molecule has 22 nitrogen and oxygen atoms in total. The summed E-state index contributed by atoms with van der Waals surface area (Å²) in [6, 6.07) is 9.19. The number of phenols is 1. The molecule has 3 saturated heterocycles. The van der Waals surface area contributed by atoms with Crippen molar-refractivity contribution in [2.45, 2.75) is 63.6 Å². The van der Waals surface area contributed by atoms with Gasteiger partial charge in [-0.15, -0.1) is 0 Å². The summed E-state index contributed by atoms with van der Waals surface area (Å²) in [4.78, 5) is 90.2. The predicted molar refractivity (Wildman–Crippen MR) is 287 cm³/mol. The van der Waals surface area contributed by atoms with Gasteiger partial charge in [0.15, 0.2) is 0 Å². The third kappa shape index (κ3) is 16.3. The molecule has 23 heteroatoms. The van der Waals surface area contributed by atoms with Crippen LogP contribution in [0.2, 0.25) is 5.02 Å². The molecule has 1 aromatic heterocycles. The number of carboxylic acids is 3. The number of hydrogen-bond acceptors (Lipinski definition) is 16. The molecule has 2 amide bonds. The summed E-state index contributed by atoms with van der Waals surface area (Å²) < 4.78 is 6.53. The van der Waals surface area contributed by atoms with Gasteiger partial charge in [-0.25, -0.2) is 6.57 Å². The summed E-state index contributed by atoms with van der Waals surface area (Å²) in [5.74, 6) is -2.50. The summed E-state index contributed by atoms with van der Waals surface area (Å²) in [6.45, 7) is 18.7. The molecule has 76 heavy (non-hydrogen) atoms. The minimum atomic E-state index is -1.02. The number of aromatic nitrogens is 2. The van der Waals surface area contributed by atoms with Crippen LogP contribution in [0.1, 0.15) is 49.8 Å². The highest BCUT2D eigenvalue weighted by Gasteiger charge is 2.36. The fraction of sp³-hybridized carbons (Fsp3) is 0.585. The molecule has 0 radical (unpaired) electrons. The molecule has 0 saturated carbocycles. The number of ether oxygens (including phenoxy) is 1. The Balaban J connectivity index is 0.919. The second-order valence-corrected chi connectivity index (χ2v) is 20.5. The van der Waals surface area contributed by atoms with Crippen LogP contribution in [0.5, 0.6) is 11.8 Å². The molecular formula is C53H73ClN12O10. The molecule has 5 N–H and O–H groups in total. The predicted octanol–water partition coefficient (Wildman–Crippen LogP) is 2.67. The van der Waals surface area contributed by atoms with Crippen molar-refractivity contribution in [3.63, 3.8) is 0 Å². The number of carbonyl (C=O) groups excluding carboxylic acids is 2. The topological polar surface area (TPSA) is 244 Å². The van der Waals surface area contributed by atoms with Crippen LogP contribution in [0, 0.1) is 6.57 Å². The number of carboxylic acid groups (broad SMARTS) is 3. The number of phenolic OH excluding ortho intramolecular Hbond substituents is 1. The van der Waals surface area contributed by atoms with Crippen molar-refractivity contribution in [1.29, 1.82) is 0 Å². The molecule has 0 unspecified atom stereocenters. The number of benzene rings is 2. The second-order valence-electron chi connectivity index (χ2n) is 20.1. The fourth-order valence-corrected chi connectivity index (χ4v) is 11.1. The van der Waals surface area contributed by atoms with E-state index in [1.54, 1.807) is 31.7 Å². The van der Waals surface area contributed by atoms with Crippen molar-refractivity contribution in [2.24, 2.45) is 0 Å². The van der Waals surface area contributed by atoms with E-state index in [-0.39, 0.29) is 68.4 Å². The van der Waals surface area contributed by atoms with Gasteiger partial charge in [-0.2, -0.15) is 9.97 Å². The number of hydrogen-bond donors (Lipinski definition) is 5. The van der Waals surface area contributed by atoms with Gasteiger partial charge < -0.3 is 50.0 Å². The van der Waals surface area contributed by atoms with E-state index in [0.29, 0.717) is 110 Å². The van der Waals surface area contributed by atoms with Gasteiger partial charge in [0.2, 0.25) is 18.4 Å². The molecule has 0 bridgehead atoms. The fourth-order valence-electron chi connectivity index (χ4n) is 10.8. The molecule has 4 aliphatic heterocycles. The Labute approximate surface area is 449 Å². The molecule has 7 rings (SSSR count). The van der Waals surface area contributed by atoms with E-state index in [4.69, 9.17) is 32.9 Å². The zero-order chi connectivity index (χ0) is 54.1. The number of aromatic hydroxyl groups is 1. The average Bonchev–Trinajstić information content (AvgIpc) is 3.84.